The summed E-state index contributed by atoms with van der Waals surface area (Å²) in [6.07, 6.45) is 4.04. The Balaban J connectivity index is 1.59. The first-order valence-electron chi connectivity index (χ1n) is 10.4. The fourth-order valence-electron chi connectivity index (χ4n) is 4.18. The molecule has 0 aliphatic heterocycles. The van der Waals surface area contributed by atoms with E-state index in [1.165, 1.54) is 12.5 Å². The lowest BCUT2D eigenvalue weighted by Gasteiger charge is -2.15. The zero-order chi connectivity index (χ0) is 22.1. The molecule has 4 atom stereocenters. The van der Waals surface area contributed by atoms with Crippen molar-refractivity contribution in [2.45, 2.75) is 51.8 Å². The van der Waals surface area contributed by atoms with Gasteiger partial charge in [0.2, 0.25) is 5.78 Å². The number of aliphatic hydroxyl groups is 1. The molecule has 2 aromatic heterocycles. The predicted octanol–water partition coefficient (Wildman–Crippen LogP) is 4.05. The first kappa shape index (κ1) is 21.5. The van der Waals surface area contributed by atoms with E-state index in [1.807, 2.05) is 49.7 Å². The number of anilines is 1. The SMILES string of the molecule is Cc1cc(C(=O)c2cncnc2N[C@@H]2C[C@@H](C)[C@H](O)C2)nn1[C@@H](C)c1cccc(Cl)c1. The second-order valence-electron chi connectivity index (χ2n) is 8.32. The molecule has 162 valence electrons. The fraction of sp³-hybridized carbons (Fsp3) is 0.391. The molecule has 31 heavy (non-hydrogen) atoms. The Hall–Kier alpha value is -2.77. The summed E-state index contributed by atoms with van der Waals surface area (Å²) in [4.78, 5) is 21.6. The zero-order valence-electron chi connectivity index (χ0n) is 17.8. The highest BCUT2D eigenvalue weighted by Gasteiger charge is 2.31. The molecule has 1 aliphatic carbocycles. The maximum atomic E-state index is 13.3. The van der Waals surface area contributed by atoms with Crippen molar-refractivity contribution in [3.05, 3.63) is 70.4 Å². The molecule has 1 fully saturated rings. The van der Waals surface area contributed by atoms with E-state index in [9.17, 15) is 9.90 Å². The highest BCUT2D eigenvalue weighted by molar-refractivity contribution is 6.30. The van der Waals surface area contributed by atoms with Crippen LogP contribution in [-0.4, -0.2) is 42.8 Å². The molecule has 1 aromatic carbocycles. The zero-order valence-corrected chi connectivity index (χ0v) is 18.5. The van der Waals surface area contributed by atoms with E-state index in [4.69, 9.17) is 11.6 Å². The molecule has 0 bridgehead atoms. The number of rotatable bonds is 6. The summed E-state index contributed by atoms with van der Waals surface area (Å²) >= 11 is 6.14. The second-order valence-corrected chi connectivity index (χ2v) is 8.75. The lowest BCUT2D eigenvalue weighted by Crippen LogP contribution is -2.20. The molecule has 7 nitrogen and oxygen atoms in total. The van der Waals surface area contributed by atoms with Crippen molar-refractivity contribution in [3.8, 4) is 0 Å². The average Bonchev–Trinajstić information content (AvgIpc) is 3.29. The number of hydrogen-bond acceptors (Lipinski definition) is 6. The number of nitrogens with one attached hydrogen (secondary N) is 1. The number of hydrogen-bond donors (Lipinski definition) is 2. The van der Waals surface area contributed by atoms with Crippen molar-refractivity contribution in [3.63, 3.8) is 0 Å². The van der Waals surface area contributed by atoms with Gasteiger partial charge >= 0.3 is 0 Å². The Labute approximate surface area is 186 Å². The van der Waals surface area contributed by atoms with Crippen LogP contribution in [0.1, 0.15) is 60.0 Å². The maximum absolute atomic E-state index is 13.3. The molecule has 0 unspecified atom stereocenters. The quantitative estimate of drug-likeness (QED) is 0.563. The van der Waals surface area contributed by atoms with Crippen molar-refractivity contribution in [1.29, 1.82) is 0 Å². The molecule has 2 N–H and O–H groups in total. The predicted molar refractivity (Wildman–Crippen MR) is 120 cm³/mol. The van der Waals surface area contributed by atoms with Crippen molar-refractivity contribution in [1.82, 2.24) is 19.7 Å². The molecule has 4 rings (SSSR count). The minimum absolute atomic E-state index is 0.0635. The first-order chi connectivity index (χ1) is 14.8. The number of carbonyl (C=O) groups excluding carboxylic acids is 1. The van der Waals surface area contributed by atoms with Gasteiger partial charge < -0.3 is 10.4 Å². The molecule has 8 heteroatoms. The smallest absolute Gasteiger partial charge is 0.218 e. The monoisotopic (exact) mass is 439 g/mol. The van der Waals surface area contributed by atoms with Gasteiger partial charge in [0.05, 0.1) is 17.7 Å². The van der Waals surface area contributed by atoms with Gasteiger partial charge in [-0.25, -0.2) is 9.97 Å². The number of halogens is 1. The van der Waals surface area contributed by atoms with Gasteiger partial charge in [-0.15, -0.1) is 0 Å². The molecule has 0 spiro atoms. The summed E-state index contributed by atoms with van der Waals surface area (Å²) in [5, 5.41) is 18.6. The van der Waals surface area contributed by atoms with Crippen LogP contribution in [0.2, 0.25) is 5.02 Å². The number of ketones is 1. The van der Waals surface area contributed by atoms with E-state index in [0.717, 1.165) is 17.7 Å². The minimum atomic E-state index is -0.343. The van der Waals surface area contributed by atoms with E-state index < -0.39 is 0 Å². The number of benzene rings is 1. The lowest BCUT2D eigenvalue weighted by atomic mass is 10.1. The van der Waals surface area contributed by atoms with Crippen LogP contribution in [0, 0.1) is 12.8 Å². The second kappa shape index (κ2) is 8.77. The van der Waals surface area contributed by atoms with E-state index in [2.05, 4.69) is 20.4 Å². The lowest BCUT2D eigenvalue weighted by molar-refractivity contribution is 0.103. The Kier molecular flexibility index (Phi) is 6.07. The molecule has 1 aliphatic rings. The summed E-state index contributed by atoms with van der Waals surface area (Å²) in [7, 11) is 0. The van der Waals surface area contributed by atoms with Gasteiger partial charge in [0.1, 0.15) is 17.8 Å². The number of aliphatic hydroxyl groups excluding tert-OH is 1. The number of aryl methyl sites for hydroxylation is 1. The Morgan fingerprint density at radius 3 is 2.84 bits per heavy atom. The fourth-order valence-corrected chi connectivity index (χ4v) is 4.38. The average molecular weight is 440 g/mol. The van der Waals surface area contributed by atoms with Gasteiger partial charge in [0.25, 0.3) is 0 Å². The molecule has 0 saturated heterocycles. The first-order valence-corrected chi connectivity index (χ1v) is 10.8. The van der Waals surface area contributed by atoms with Crippen LogP contribution in [0.3, 0.4) is 0 Å². The number of nitrogens with zero attached hydrogens (tertiary/aromatic N) is 4. The summed E-state index contributed by atoms with van der Waals surface area (Å²) in [5.41, 5.74) is 2.59. The van der Waals surface area contributed by atoms with Gasteiger partial charge in [-0.3, -0.25) is 9.48 Å². The summed E-state index contributed by atoms with van der Waals surface area (Å²) in [6, 6.07) is 9.39. The van der Waals surface area contributed by atoms with Gasteiger partial charge in [-0.05, 0) is 56.4 Å². The van der Waals surface area contributed by atoms with Gasteiger partial charge in [-0.1, -0.05) is 30.7 Å². The topological polar surface area (TPSA) is 92.9 Å². The summed E-state index contributed by atoms with van der Waals surface area (Å²) in [5.74, 6) is 0.445. The number of aromatic nitrogens is 4. The van der Waals surface area contributed by atoms with Gasteiger partial charge in [0.15, 0.2) is 0 Å². The molecular weight excluding hydrogens is 414 g/mol. The third-order valence-corrected chi connectivity index (χ3v) is 6.23. The third-order valence-electron chi connectivity index (χ3n) is 5.99. The molecule has 1 saturated carbocycles. The Morgan fingerprint density at radius 1 is 1.32 bits per heavy atom. The van der Waals surface area contributed by atoms with Crippen molar-refractivity contribution >= 4 is 23.2 Å². The summed E-state index contributed by atoms with van der Waals surface area (Å²) in [6.45, 7) is 5.97. The van der Waals surface area contributed by atoms with E-state index in [1.54, 1.807) is 6.07 Å². The molecule has 2 heterocycles. The molecular formula is C23H26ClN5O2. The third kappa shape index (κ3) is 4.48. The van der Waals surface area contributed by atoms with E-state index in [0.29, 0.717) is 28.5 Å². The standard InChI is InChI=1S/C23H26ClN5O2/c1-13-7-18(10-21(13)30)27-23-19(11-25-12-26-23)22(31)20-8-14(2)29(28-20)15(3)16-5-4-6-17(24)9-16/h4-6,8-9,11-13,15,18,21,30H,7,10H2,1-3H3,(H,25,26,27)/t13-,15+,18-,21-/m1/s1. The highest BCUT2D eigenvalue weighted by Crippen LogP contribution is 2.29. The van der Waals surface area contributed by atoms with Crippen LogP contribution in [0.5, 0.6) is 0 Å². The summed E-state index contributed by atoms with van der Waals surface area (Å²) < 4.78 is 1.82. The largest absolute Gasteiger partial charge is 0.393 e. The van der Waals surface area contributed by atoms with Gasteiger partial charge in [-0.2, -0.15) is 5.10 Å². The van der Waals surface area contributed by atoms with Crippen molar-refractivity contribution < 1.29 is 9.90 Å². The Bertz CT molecular complexity index is 1090. The maximum Gasteiger partial charge on any atom is 0.218 e. The van der Waals surface area contributed by atoms with Crippen molar-refractivity contribution in [2.75, 3.05) is 5.32 Å². The van der Waals surface area contributed by atoms with Crippen LogP contribution in [-0.2, 0) is 0 Å². The minimum Gasteiger partial charge on any atom is -0.393 e. The van der Waals surface area contributed by atoms with Gasteiger partial charge in [0, 0.05) is 23.0 Å². The normalized spacial score (nSPS) is 21.8. The van der Waals surface area contributed by atoms with Crippen LogP contribution in [0.25, 0.3) is 0 Å². The molecule has 0 radical (unpaired) electrons. The van der Waals surface area contributed by atoms with Crippen LogP contribution in [0.15, 0.2) is 42.9 Å². The van der Waals surface area contributed by atoms with Crippen LogP contribution < -0.4 is 5.32 Å². The van der Waals surface area contributed by atoms with E-state index in [-0.39, 0.29) is 29.9 Å². The molecule has 0 amide bonds. The van der Waals surface area contributed by atoms with Crippen LogP contribution in [0.4, 0.5) is 5.82 Å². The number of carbonyl (C=O) groups is 1. The highest BCUT2D eigenvalue weighted by atomic mass is 35.5. The Morgan fingerprint density at radius 2 is 2.13 bits per heavy atom. The molecule has 3 aromatic rings. The van der Waals surface area contributed by atoms with E-state index >= 15 is 0 Å². The van der Waals surface area contributed by atoms with Crippen LogP contribution >= 0.6 is 11.6 Å². The van der Waals surface area contributed by atoms with Crippen molar-refractivity contribution in [2.24, 2.45) is 5.92 Å².